The van der Waals surface area contributed by atoms with Gasteiger partial charge in [-0.3, -0.25) is 14.5 Å². The van der Waals surface area contributed by atoms with Crippen molar-refractivity contribution in [2.24, 2.45) is 4.99 Å². The monoisotopic (exact) mass is 526 g/mol. The molecule has 1 aliphatic rings. The molecule has 164 valence electrons. The summed E-state index contributed by atoms with van der Waals surface area (Å²) in [4.78, 5) is 19.3. The number of morpholine rings is 1. The van der Waals surface area contributed by atoms with Crippen LogP contribution in [0.4, 0.5) is 0 Å². The molecule has 1 unspecified atom stereocenters. The summed E-state index contributed by atoms with van der Waals surface area (Å²) < 4.78 is 7.29. The van der Waals surface area contributed by atoms with Crippen molar-refractivity contribution in [3.63, 3.8) is 0 Å². The predicted molar refractivity (Wildman–Crippen MR) is 128 cm³/mol. The molecular formula is C21H31IN6O2. The van der Waals surface area contributed by atoms with Crippen molar-refractivity contribution in [2.75, 3.05) is 46.4 Å². The summed E-state index contributed by atoms with van der Waals surface area (Å²) in [5, 5.41) is 10.8. The van der Waals surface area contributed by atoms with Crippen molar-refractivity contribution in [3.8, 4) is 0 Å². The normalized spacial score (nSPS) is 15.2. The molecule has 3 rings (SSSR count). The largest absolute Gasteiger partial charge is 0.378 e. The summed E-state index contributed by atoms with van der Waals surface area (Å²) in [7, 11) is 1.74. The Balaban J connectivity index is 0.00000320. The molecule has 1 atom stereocenters. The fraction of sp³-hybridized carbons (Fsp3) is 0.476. The van der Waals surface area contributed by atoms with Gasteiger partial charge in [0.1, 0.15) is 0 Å². The van der Waals surface area contributed by atoms with Crippen molar-refractivity contribution in [1.82, 2.24) is 25.3 Å². The van der Waals surface area contributed by atoms with Gasteiger partial charge in [0.05, 0.1) is 19.1 Å². The molecule has 0 saturated carbocycles. The molecule has 30 heavy (non-hydrogen) atoms. The van der Waals surface area contributed by atoms with E-state index in [0.717, 1.165) is 25.1 Å². The number of ether oxygens (including phenoxy) is 1. The first-order valence-electron chi connectivity index (χ1n) is 10.1. The van der Waals surface area contributed by atoms with Gasteiger partial charge < -0.3 is 20.3 Å². The number of amides is 1. The number of nitrogens with one attached hydrogen (secondary N) is 2. The number of carbonyl (C=O) groups is 1. The quantitative estimate of drug-likeness (QED) is 0.237. The van der Waals surface area contributed by atoms with E-state index in [1.165, 1.54) is 0 Å². The maximum atomic E-state index is 13.2. The van der Waals surface area contributed by atoms with E-state index in [-0.39, 0.29) is 35.8 Å². The third kappa shape index (κ3) is 7.28. The number of carbonyl (C=O) groups excluding carboxylic acids is 1. The molecule has 0 spiro atoms. The first-order chi connectivity index (χ1) is 14.3. The van der Waals surface area contributed by atoms with Gasteiger partial charge in [0.15, 0.2) is 5.96 Å². The van der Waals surface area contributed by atoms with Crippen LogP contribution < -0.4 is 10.6 Å². The first-order valence-corrected chi connectivity index (χ1v) is 10.1. The van der Waals surface area contributed by atoms with Crippen LogP contribution in [-0.4, -0.2) is 73.0 Å². The number of guanidine groups is 1. The van der Waals surface area contributed by atoms with Crippen LogP contribution in [0, 0.1) is 0 Å². The summed E-state index contributed by atoms with van der Waals surface area (Å²) >= 11 is 0. The number of aromatic nitrogens is 2. The highest BCUT2D eigenvalue weighted by Gasteiger charge is 2.27. The fourth-order valence-corrected chi connectivity index (χ4v) is 3.34. The Morgan fingerprint density at radius 2 is 1.97 bits per heavy atom. The van der Waals surface area contributed by atoms with Crippen molar-refractivity contribution in [1.29, 1.82) is 0 Å². The fourth-order valence-electron chi connectivity index (χ4n) is 3.34. The van der Waals surface area contributed by atoms with Gasteiger partial charge in [0, 0.05) is 52.2 Å². The molecule has 9 heteroatoms. The van der Waals surface area contributed by atoms with Crippen molar-refractivity contribution < 1.29 is 9.53 Å². The van der Waals surface area contributed by atoms with E-state index in [1.807, 2.05) is 52.2 Å². The Kier molecular flexibility index (Phi) is 10.6. The van der Waals surface area contributed by atoms with Gasteiger partial charge in [-0.15, -0.1) is 24.0 Å². The Labute approximate surface area is 195 Å². The minimum atomic E-state index is -0.267. The van der Waals surface area contributed by atoms with E-state index in [4.69, 9.17) is 4.74 Å². The summed E-state index contributed by atoms with van der Waals surface area (Å²) in [6, 6.07) is 11.8. The Morgan fingerprint density at radius 1 is 1.20 bits per heavy atom. The van der Waals surface area contributed by atoms with Gasteiger partial charge in [0.2, 0.25) is 5.91 Å². The first kappa shape index (κ1) is 24.1. The second-order valence-corrected chi connectivity index (χ2v) is 6.90. The van der Waals surface area contributed by atoms with E-state index in [1.54, 1.807) is 13.2 Å². The number of rotatable bonds is 8. The van der Waals surface area contributed by atoms with E-state index < -0.39 is 0 Å². The topological polar surface area (TPSA) is 83.8 Å². The van der Waals surface area contributed by atoms with Gasteiger partial charge in [0.25, 0.3) is 0 Å². The molecule has 2 N–H and O–H groups in total. The number of aryl methyl sites for hydroxylation is 1. The van der Waals surface area contributed by atoms with Gasteiger partial charge in [-0.25, -0.2) is 0 Å². The molecule has 2 aromatic rings. The van der Waals surface area contributed by atoms with Crippen molar-refractivity contribution >= 4 is 35.8 Å². The second kappa shape index (κ2) is 13.2. The molecule has 8 nitrogen and oxygen atoms in total. The van der Waals surface area contributed by atoms with Crippen LogP contribution in [-0.2, 0) is 16.1 Å². The predicted octanol–water partition coefficient (Wildman–Crippen LogP) is 1.70. The Bertz CT molecular complexity index is 763. The number of aliphatic imine (C=N–C) groups is 1. The van der Waals surface area contributed by atoms with E-state index in [0.29, 0.717) is 38.8 Å². The molecule has 1 aliphatic heterocycles. The zero-order chi connectivity index (χ0) is 20.3. The highest BCUT2D eigenvalue weighted by molar-refractivity contribution is 14.0. The van der Waals surface area contributed by atoms with E-state index in [9.17, 15) is 4.79 Å². The molecule has 0 aliphatic carbocycles. The summed E-state index contributed by atoms with van der Waals surface area (Å²) in [6.45, 7) is 4.58. The van der Waals surface area contributed by atoms with Crippen LogP contribution in [0.25, 0.3) is 0 Å². The van der Waals surface area contributed by atoms with Gasteiger partial charge in [-0.05, 0) is 18.1 Å². The maximum Gasteiger partial charge on any atom is 0.232 e. The Morgan fingerprint density at radius 3 is 2.63 bits per heavy atom. The van der Waals surface area contributed by atoms with Crippen LogP contribution in [0.2, 0.25) is 0 Å². The number of hydrogen-bond donors (Lipinski definition) is 2. The summed E-state index contributed by atoms with van der Waals surface area (Å²) in [5.41, 5.74) is 1.01. The molecule has 1 fully saturated rings. The zero-order valence-corrected chi connectivity index (χ0v) is 19.7. The number of halogens is 1. The highest BCUT2D eigenvalue weighted by atomic mass is 127. The third-order valence-corrected chi connectivity index (χ3v) is 4.94. The van der Waals surface area contributed by atoms with Crippen LogP contribution in [0.1, 0.15) is 17.9 Å². The molecule has 2 heterocycles. The third-order valence-electron chi connectivity index (χ3n) is 4.94. The lowest BCUT2D eigenvalue weighted by Crippen LogP contribution is -2.47. The molecule has 1 aromatic carbocycles. The minimum Gasteiger partial charge on any atom is -0.378 e. The van der Waals surface area contributed by atoms with Crippen molar-refractivity contribution in [3.05, 3.63) is 54.4 Å². The molecular weight excluding hydrogens is 495 g/mol. The molecule has 1 aromatic heterocycles. The lowest BCUT2D eigenvalue weighted by Gasteiger charge is -2.31. The standard InChI is InChI=1S/C21H30N6O2.HI/c1-22-21(23-9-5-11-27-12-6-10-25-27)24-17-19(18-7-3-2-4-8-18)20(28)26-13-15-29-16-14-26;/h2-4,6-8,10,12,19H,5,9,11,13-17H2,1H3,(H2,22,23,24);1H. The van der Waals surface area contributed by atoms with Crippen LogP contribution in [0.15, 0.2) is 53.8 Å². The van der Waals surface area contributed by atoms with Gasteiger partial charge >= 0.3 is 0 Å². The highest BCUT2D eigenvalue weighted by Crippen LogP contribution is 2.18. The average molecular weight is 526 g/mol. The molecule has 0 radical (unpaired) electrons. The molecule has 1 saturated heterocycles. The van der Waals surface area contributed by atoms with E-state index >= 15 is 0 Å². The second-order valence-electron chi connectivity index (χ2n) is 6.90. The van der Waals surface area contributed by atoms with Crippen LogP contribution in [0.5, 0.6) is 0 Å². The lowest BCUT2D eigenvalue weighted by atomic mass is 9.97. The summed E-state index contributed by atoms with van der Waals surface area (Å²) in [5.74, 6) is 0.555. The number of hydrogen-bond acceptors (Lipinski definition) is 4. The van der Waals surface area contributed by atoms with Gasteiger partial charge in [-0.1, -0.05) is 30.3 Å². The maximum absolute atomic E-state index is 13.2. The van der Waals surface area contributed by atoms with Crippen molar-refractivity contribution in [2.45, 2.75) is 18.9 Å². The smallest absolute Gasteiger partial charge is 0.232 e. The molecule has 0 bridgehead atoms. The van der Waals surface area contributed by atoms with Crippen LogP contribution >= 0.6 is 24.0 Å². The molecule has 1 amide bonds. The van der Waals surface area contributed by atoms with Gasteiger partial charge in [-0.2, -0.15) is 5.10 Å². The van der Waals surface area contributed by atoms with Crippen LogP contribution in [0.3, 0.4) is 0 Å². The Hall–Kier alpha value is -2.14. The lowest BCUT2D eigenvalue weighted by molar-refractivity contribution is -0.136. The summed E-state index contributed by atoms with van der Waals surface area (Å²) in [6.07, 6.45) is 4.66. The minimum absolute atomic E-state index is 0. The van der Waals surface area contributed by atoms with E-state index in [2.05, 4.69) is 20.7 Å². The number of benzene rings is 1. The zero-order valence-electron chi connectivity index (χ0n) is 17.4. The average Bonchev–Trinajstić information content (AvgIpc) is 3.30. The SMILES string of the molecule is CN=C(NCCCn1cccn1)NCC(C(=O)N1CCOCC1)c1ccccc1.I. The number of nitrogens with zero attached hydrogens (tertiary/aromatic N) is 4.